The van der Waals surface area contributed by atoms with Crippen LogP contribution in [0.3, 0.4) is 0 Å². The fourth-order valence-electron chi connectivity index (χ4n) is 5.10. The Kier molecular flexibility index (Phi) is 12.3. The Bertz CT molecular complexity index is 1290. The number of aryl methyl sites for hydroxylation is 4. The highest BCUT2D eigenvalue weighted by Gasteiger charge is 2.40. The van der Waals surface area contributed by atoms with Crippen molar-refractivity contribution >= 4 is 29.5 Å². The molecule has 0 radical (unpaired) electrons. The molecule has 3 atom stereocenters. The number of benzene rings is 2. The van der Waals surface area contributed by atoms with Crippen LogP contribution in [-0.4, -0.2) is 46.4 Å². The molecule has 9 nitrogen and oxygen atoms in total. The maximum absolute atomic E-state index is 14.5. The molecule has 43 heavy (non-hydrogen) atoms. The quantitative estimate of drug-likeness (QED) is 0.277. The van der Waals surface area contributed by atoms with E-state index in [1.165, 1.54) is 4.90 Å². The van der Waals surface area contributed by atoms with Crippen molar-refractivity contribution in [3.05, 3.63) is 64.2 Å². The van der Waals surface area contributed by atoms with Crippen molar-refractivity contribution < 1.29 is 23.9 Å². The molecule has 0 saturated carbocycles. The van der Waals surface area contributed by atoms with Gasteiger partial charge in [-0.25, -0.2) is 4.79 Å². The minimum absolute atomic E-state index is 0.351. The third-order valence-electron chi connectivity index (χ3n) is 7.26. The molecule has 2 aromatic carbocycles. The third kappa shape index (κ3) is 10.4. The van der Waals surface area contributed by atoms with Crippen molar-refractivity contribution in [3.8, 4) is 0 Å². The van der Waals surface area contributed by atoms with Gasteiger partial charge in [0.25, 0.3) is 5.91 Å². The second-order valence-corrected chi connectivity index (χ2v) is 13.0. The molecular formula is C34H50N4O5. The number of nitrogens with two attached hydrogens (primary N) is 1. The SMILES string of the molecule is Cc1ccc(C(C(=O)Nc2c(C)cccc2C)N(C(=O)C(CC(N)=O)NC(=O)OC(C)(C)C)C(C)CCC(C)C)c(C)c1. The Balaban J connectivity index is 2.73. The summed E-state index contributed by atoms with van der Waals surface area (Å²) in [6.45, 7) is 18.9. The lowest BCUT2D eigenvalue weighted by atomic mass is 9.93. The Morgan fingerprint density at radius 2 is 1.51 bits per heavy atom. The van der Waals surface area contributed by atoms with Crippen LogP contribution in [0, 0.1) is 33.6 Å². The molecule has 2 rings (SSSR count). The van der Waals surface area contributed by atoms with Gasteiger partial charge in [-0.1, -0.05) is 55.8 Å². The largest absolute Gasteiger partial charge is 0.444 e. The minimum atomic E-state index is -1.34. The molecule has 4 N–H and O–H groups in total. The predicted octanol–water partition coefficient (Wildman–Crippen LogP) is 6.02. The van der Waals surface area contributed by atoms with Gasteiger partial charge in [0.15, 0.2) is 0 Å². The first-order valence-corrected chi connectivity index (χ1v) is 15.0. The first kappa shape index (κ1) is 35.3. The lowest BCUT2D eigenvalue weighted by molar-refractivity contribution is -0.144. The number of primary amides is 1. The van der Waals surface area contributed by atoms with Crippen molar-refractivity contribution in [2.24, 2.45) is 11.7 Å². The maximum atomic E-state index is 14.5. The van der Waals surface area contributed by atoms with Gasteiger partial charge in [-0.15, -0.1) is 0 Å². The number of carbonyl (C=O) groups excluding carboxylic acids is 4. The molecule has 0 bridgehead atoms. The van der Waals surface area contributed by atoms with Crippen LogP contribution in [0.4, 0.5) is 10.5 Å². The van der Waals surface area contributed by atoms with E-state index in [4.69, 9.17) is 10.5 Å². The molecule has 0 aliphatic rings. The summed E-state index contributed by atoms with van der Waals surface area (Å²) in [5.41, 5.74) is 9.66. The van der Waals surface area contributed by atoms with Gasteiger partial charge in [0.1, 0.15) is 17.7 Å². The van der Waals surface area contributed by atoms with Gasteiger partial charge >= 0.3 is 6.09 Å². The van der Waals surface area contributed by atoms with Crippen molar-refractivity contribution in [3.63, 3.8) is 0 Å². The summed E-state index contributed by atoms with van der Waals surface area (Å²) in [5.74, 6) is -1.41. The average molecular weight is 595 g/mol. The van der Waals surface area contributed by atoms with Crippen LogP contribution in [0.1, 0.15) is 94.7 Å². The van der Waals surface area contributed by atoms with Gasteiger partial charge in [-0.3, -0.25) is 14.4 Å². The van der Waals surface area contributed by atoms with Gasteiger partial charge in [0.05, 0.1) is 6.42 Å². The van der Waals surface area contributed by atoms with Crippen LogP contribution in [0.25, 0.3) is 0 Å². The number of amides is 4. The summed E-state index contributed by atoms with van der Waals surface area (Å²) in [7, 11) is 0. The summed E-state index contributed by atoms with van der Waals surface area (Å²) < 4.78 is 5.40. The van der Waals surface area contributed by atoms with Crippen LogP contribution in [-0.2, 0) is 19.1 Å². The van der Waals surface area contributed by atoms with Crippen molar-refractivity contribution in [2.45, 2.75) is 112 Å². The smallest absolute Gasteiger partial charge is 0.408 e. The molecule has 0 aliphatic carbocycles. The van der Waals surface area contributed by atoms with Crippen LogP contribution in [0.2, 0.25) is 0 Å². The number of nitrogens with one attached hydrogen (secondary N) is 2. The highest BCUT2D eigenvalue weighted by atomic mass is 16.6. The Hall–Kier alpha value is -3.88. The zero-order valence-corrected chi connectivity index (χ0v) is 27.5. The Morgan fingerprint density at radius 3 is 2.02 bits per heavy atom. The van der Waals surface area contributed by atoms with E-state index in [9.17, 15) is 19.2 Å². The lowest BCUT2D eigenvalue weighted by Gasteiger charge is -2.39. The summed E-state index contributed by atoms with van der Waals surface area (Å²) in [6, 6.07) is 8.65. The first-order valence-electron chi connectivity index (χ1n) is 15.0. The second kappa shape index (κ2) is 15.0. The zero-order chi connectivity index (χ0) is 32.6. The van der Waals surface area contributed by atoms with E-state index in [0.29, 0.717) is 23.6 Å². The number of rotatable bonds is 12. The lowest BCUT2D eigenvalue weighted by Crippen LogP contribution is -2.56. The molecule has 0 heterocycles. The highest BCUT2D eigenvalue weighted by Crippen LogP contribution is 2.32. The van der Waals surface area contributed by atoms with E-state index in [1.54, 1.807) is 20.8 Å². The summed E-state index contributed by atoms with van der Waals surface area (Å²) in [5, 5.41) is 5.65. The van der Waals surface area contributed by atoms with Crippen molar-refractivity contribution in [1.82, 2.24) is 10.2 Å². The fourth-order valence-corrected chi connectivity index (χ4v) is 5.10. The number of anilines is 1. The van der Waals surface area contributed by atoms with E-state index in [2.05, 4.69) is 24.5 Å². The Labute approximate surface area is 256 Å². The number of nitrogens with zero attached hydrogens (tertiary/aromatic N) is 1. The molecular weight excluding hydrogens is 544 g/mol. The molecule has 236 valence electrons. The third-order valence-corrected chi connectivity index (χ3v) is 7.26. The molecule has 0 spiro atoms. The number of hydrogen-bond acceptors (Lipinski definition) is 5. The molecule has 0 aliphatic heterocycles. The van der Waals surface area contributed by atoms with Crippen molar-refractivity contribution in [1.29, 1.82) is 0 Å². The van der Waals surface area contributed by atoms with Gasteiger partial charge in [0.2, 0.25) is 11.8 Å². The van der Waals surface area contributed by atoms with Crippen LogP contribution < -0.4 is 16.4 Å². The van der Waals surface area contributed by atoms with Gasteiger partial charge < -0.3 is 26.0 Å². The number of carbonyl (C=O) groups is 4. The molecule has 2 aromatic rings. The molecule has 3 unspecified atom stereocenters. The standard InChI is InChI=1S/C34H50N4O5/c1-20(2)14-16-25(7)38(32(41)27(19-28(35)39)36-33(42)43-34(8,9)10)30(26-17-15-21(3)18-24(26)6)31(40)37-29-22(4)12-11-13-23(29)5/h11-13,15,17-18,20,25,27,30H,14,16,19H2,1-10H3,(H2,35,39)(H,36,42)(H,37,40). The number of ether oxygens (including phenoxy) is 1. The molecule has 0 aromatic heterocycles. The fraction of sp³-hybridized carbons (Fsp3) is 0.529. The normalized spacial score (nSPS) is 13.6. The predicted molar refractivity (Wildman–Crippen MR) is 171 cm³/mol. The van der Waals surface area contributed by atoms with E-state index >= 15 is 0 Å². The van der Waals surface area contributed by atoms with Crippen LogP contribution >= 0.6 is 0 Å². The minimum Gasteiger partial charge on any atom is -0.444 e. The van der Waals surface area contributed by atoms with Gasteiger partial charge in [0, 0.05) is 11.7 Å². The second-order valence-electron chi connectivity index (χ2n) is 13.0. The molecule has 0 saturated heterocycles. The number of para-hydroxylation sites is 1. The van der Waals surface area contributed by atoms with Crippen LogP contribution in [0.15, 0.2) is 36.4 Å². The van der Waals surface area contributed by atoms with Crippen molar-refractivity contribution in [2.75, 3.05) is 5.32 Å². The van der Waals surface area contributed by atoms with E-state index in [-0.39, 0.29) is 0 Å². The summed E-state index contributed by atoms with van der Waals surface area (Å²) in [6.07, 6.45) is 0.0778. The van der Waals surface area contributed by atoms with E-state index in [0.717, 1.165) is 28.7 Å². The first-order chi connectivity index (χ1) is 19.9. The summed E-state index contributed by atoms with van der Waals surface area (Å²) >= 11 is 0. The number of hydrogen-bond donors (Lipinski definition) is 3. The topological polar surface area (TPSA) is 131 Å². The van der Waals surface area contributed by atoms with Crippen LogP contribution in [0.5, 0.6) is 0 Å². The monoisotopic (exact) mass is 594 g/mol. The maximum Gasteiger partial charge on any atom is 0.408 e. The van der Waals surface area contributed by atoms with Gasteiger partial charge in [-0.2, -0.15) is 0 Å². The molecule has 9 heteroatoms. The zero-order valence-electron chi connectivity index (χ0n) is 27.5. The molecule has 0 fully saturated rings. The average Bonchev–Trinajstić information content (AvgIpc) is 2.86. The van der Waals surface area contributed by atoms with E-state index in [1.807, 2.05) is 71.0 Å². The molecule has 4 amide bonds. The summed E-state index contributed by atoms with van der Waals surface area (Å²) in [4.78, 5) is 55.4. The number of alkyl carbamates (subject to hydrolysis) is 1. The highest BCUT2D eigenvalue weighted by molar-refractivity contribution is 6.00. The van der Waals surface area contributed by atoms with E-state index < -0.39 is 54.0 Å². The van der Waals surface area contributed by atoms with Gasteiger partial charge in [-0.05, 0) is 96.4 Å². The Morgan fingerprint density at radius 1 is 0.907 bits per heavy atom.